The van der Waals surface area contributed by atoms with Gasteiger partial charge in [-0.1, -0.05) is 45.0 Å². The van der Waals surface area contributed by atoms with Crippen LogP contribution in [-0.4, -0.2) is 35.1 Å². The molecule has 1 aliphatic heterocycles. The van der Waals surface area contributed by atoms with Gasteiger partial charge in [0.05, 0.1) is 17.7 Å². The lowest BCUT2D eigenvalue weighted by atomic mass is 9.54. The summed E-state index contributed by atoms with van der Waals surface area (Å²) >= 11 is 0. The number of aliphatic hydroxyl groups excluding tert-OH is 1. The molecule has 0 bridgehead atoms. The highest BCUT2D eigenvalue weighted by atomic mass is 16.3. The maximum atomic E-state index is 12.8. The average molecular weight is 324 g/mol. The van der Waals surface area contributed by atoms with E-state index in [2.05, 4.69) is 13.0 Å². The number of rotatable bonds is 1. The zero-order chi connectivity index (χ0) is 17.5. The molecule has 0 saturated carbocycles. The minimum atomic E-state index is -0.739. The van der Waals surface area contributed by atoms with Gasteiger partial charge in [0.25, 0.3) is 5.91 Å². The van der Waals surface area contributed by atoms with Crippen LogP contribution in [-0.2, 0) is 0 Å². The number of likely N-dealkylation sites (tertiary alicyclic amines) is 1. The first-order valence-corrected chi connectivity index (χ1v) is 8.45. The molecule has 3 rings (SSSR count). The minimum Gasteiger partial charge on any atom is -0.387 e. The average Bonchev–Trinajstić information content (AvgIpc) is 2.58. The van der Waals surface area contributed by atoms with Crippen LogP contribution < -0.4 is 0 Å². The molecule has 1 fully saturated rings. The first-order valence-electron chi connectivity index (χ1n) is 8.45. The van der Waals surface area contributed by atoms with Crippen molar-refractivity contribution in [1.29, 1.82) is 5.26 Å². The SMILES string of the molecule is CC1(C)C(O)C(C#N)=C[C@@]2(C)CN(C(=O)c3ccccc3)CC[C@H]12. The van der Waals surface area contributed by atoms with Crippen LogP contribution in [0.25, 0.3) is 0 Å². The van der Waals surface area contributed by atoms with Crippen LogP contribution in [0, 0.1) is 28.1 Å². The minimum absolute atomic E-state index is 0.0334. The van der Waals surface area contributed by atoms with Gasteiger partial charge in [0, 0.05) is 24.1 Å². The predicted octanol–water partition coefficient (Wildman–Crippen LogP) is 3.01. The summed E-state index contributed by atoms with van der Waals surface area (Å²) < 4.78 is 0. The van der Waals surface area contributed by atoms with E-state index in [-0.39, 0.29) is 22.7 Å². The summed E-state index contributed by atoms with van der Waals surface area (Å²) in [5.74, 6) is 0.267. The Hall–Kier alpha value is -2.12. The van der Waals surface area contributed by atoms with Gasteiger partial charge in [-0.05, 0) is 29.9 Å². The van der Waals surface area contributed by atoms with Crippen LogP contribution in [0.2, 0.25) is 0 Å². The van der Waals surface area contributed by atoms with Gasteiger partial charge in [-0.3, -0.25) is 4.79 Å². The molecule has 4 nitrogen and oxygen atoms in total. The molecule has 0 aromatic heterocycles. The topological polar surface area (TPSA) is 64.3 Å². The number of carbonyl (C=O) groups is 1. The fourth-order valence-corrected chi connectivity index (χ4v) is 4.64. The van der Waals surface area contributed by atoms with Gasteiger partial charge < -0.3 is 10.0 Å². The van der Waals surface area contributed by atoms with Gasteiger partial charge in [-0.2, -0.15) is 5.26 Å². The quantitative estimate of drug-likeness (QED) is 0.863. The molecule has 1 unspecified atom stereocenters. The fraction of sp³-hybridized carbons (Fsp3) is 0.500. The Kier molecular flexibility index (Phi) is 4.01. The van der Waals surface area contributed by atoms with Crippen LogP contribution in [0.15, 0.2) is 42.0 Å². The Labute approximate surface area is 143 Å². The normalized spacial score (nSPS) is 31.6. The van der Waals surface area contributed by atoms with Crippen LogP contribution in [0.5, 0.6) is 0 Å². The Morgan fingerprint density at radius 3 is 2.58 bits per heavy atom. The monoisotopic (exact) mass is 324 g/mol. The van der Waals surface area contributed by atoms with Crippen molar-refractivity contribution in [3.8, 4) is 6.07 Å². The molecule has 1 amide bonds. The van der Waals surface area contributed by atoms with Crippen molar-refractivity contribution < 1.29 is 9.90 Å². The van der Waals surface area contributed by atoms with Gasteiger partial charge in [0.2, 0.25) is 0 Å². The molecule has 1 N–H and O–H groups in total. The van der Waals surface area contributed by atoms with E-state index in [4.69, 9.17) is 0 Å². The van der Waals surface area contributed by atoms with Gasteiger partial charge >= 0.3 is 0 Å². The summed E-state index contributed by atoms with van der Waals surface area (Å²) in [5.41, 5.74) is 0.444. The van der Waals surface area contributed by atoms with E-state index in [1.807, 2.05) is 55.2 Å². The Bertz CT molecular complexity index is 717. The number of fused-ring (bicyclic) bond motifs is 1. The molecular formula is C20H24N2O2. The van der Waals surface area contributed by atoms with E-state index in [1.54, 1.807) is 0 Å². The summed E-state index contributed by atoms with van der Waals surface area (Å²) in [6.07, 6.45) is 1.99. The van der Waals surface area contributed by atoms with Crippen LogP contribution in [0.4, 0.5) is 0 Å². The Morgan fingerprint density at radius 2 is 1.96 bits per heavy atom. The number of nitrogens with zero attached hydrogens (tertiary/aromatic N) is 2. The Morgan fingerprint density at radius 1 is 1.29 bits per heavy atom. The lowest BCUT2D eigenvalue weighted by molar-refractivity contribution is -0.0582. The van der Waals surface area contributed by atoms with Crippen molar-refractivity contribution in [3.05, 3.63) is 47.5 Å². The van der Waals surface area contributed by atoms with Crippen molar-refractivity contribution >= 4 is 5.91 Å². The highest BCUT2D eigenvalue weighted by Gasteiger charge is 2.53. The van der Waals surface area contributed by atoms with E-state index in [0.717, 1.165) is 6.42 Å². The summed E-state index contributed by atoms with van der Waals surface area (Å²) in [5, 5.41) is 19.9. The number of benzene rings is 1. The molecule has 1 heterocycles. The largest absolute Gasteiger partial charge is 0.387 e. The number of amides is 1. The molecule has 2 aliphatic rings. The molecule has 1 aromatic rings. The number of carbonyl (C=O) groups excluding carboxylic acids is 1. The molecule has 0 spiro atoms. The van der Waals surface area contributed by atoms with Crippen molar-refractivity contribution in [2.75, 3.05) is 13.1 Å². The van der Waals surface area contributed by atoms with E-state index >= 15 is 0 Å². The zero-order valence-electron chi connectivity index (χ0n) is 14.5. The summed E-state index contributed by atoms with van der Waals surface area (Å²) in [6.45, 7) is 7.42. The third-order valence-electron chi connectivity index (χ3n) is 5.84. The van der Waals surface area contributed by atoms with Gasteiger partial charge in [-0.25, -0.2) is 0 Å². The van der Waals surface area contributed by atoms with E-state index < -0.39 is 6.10 Å². The maximum absolute atomic E-state index is 12.8. The molecule has 3 atom stereocenters. The zero-order valence-corrected chi connectivity index (χ0v) is 14.5. The van der Waals surface area contributed by atoms with Gasteiger partial charge in [0.1, 0.15) is 0 Å². The molecule has 4 heteroatoms. The first-order chi connectivity index (χ1) is 11.3. The first kappa shape index (κ1) is 16.7. The van der Waals surface area contributed by atoms with Crippen LogP contribution >= 0.6 is 0 Å². The number of piperidine rings is 1. The molecule has 24 heavy (non-hydrogen) atoms. The molecule has 1 aliphatic carbocycles. The number of nitriles is 1. The van der Waals surface area contributed by atoms with Crippen LogP contribution in [0.1, 0.15) is 37.6 Å². The highest BCUT2D eigenvalue weighted by Crippen LogP contribution is 2.53. The number of aliphatic hydroxyl groups is 1. The second kappa shape index (κ2) is 5.75. The third-order valence-corrected chi connectivity index (χ3v) is 5.84. The molecule has 1 saturated heterocycles. The number of hydrogen-bond acceptors (Lipinski definition) is 3. The van der Waals surface area contributed by atoms with Gasteiger partial charge in [0.15, 0.2) is 0 Å². The second-order valence-electron chi connectivity index (χ2n) is 7.88. The smallest absolute Gasteiger partial charge is 0.253 e. The summed E-state index contributed by atoms with van der Waals surface area (Å²) in [6, 6.07) is 11.5. The molecule has 126 valence electrons. The summed E-state index contributed by atoms with van der Waals surface area (Å²) in [4.78, 5) is 14.7. The molecular weight excluding hydrogens is 300 g/mol. The highest BCUT2D eigenvalue weighted by molar-refractivity contribution is 5.94. The van der Waals surface area contributed by atoms with Crippen molar-refractivity contribution in [1.82, 2.24) is 4.90 Å². The third kappa shape index (κ3) is 2.53. The second-order valence-corrected chi connectivity index (χ2v) is 7.88. The summed E-state index contributed by atoms with van der Waals surface area (Å²) in [7, 11) is 0. The Balaban J connectivity index is 1.92. The van der Waals surface area contributed by atoms with Crippen molar-refractivity contribution in [2.45, 2.75) is 33.3 Å². The number of hydrogen-bond donors (Lipinski definition) is 1. The van der Waals surface area contributed by atoms with E-state index in [9.17, 15) is 15.2 Å². The van der Waals surface area contributed by atoms with E-state index in [1.165, 1.54) is 0 Å². The van der Waals surface area contributed by atoms with Crippen LogP contribution in [0.3, 0.4) is 0 Å². The predicted molar refractivity (Wildman–Crippen MR) is 92.0 cm³/mol. The van der Waals surface area contributed by atoms with E-state index in [0.29, 0.717) is 24.2 Å². The lowest BCUT2D eigenvalue weighted by Crippen LogP contribution is -2.57. The molecule has 1 aromatic carbocycles. The van der Waals surface area contributed by atoms with Crippen molar-refractivity contribution in [3.63, 3.8) is 0 Å². The maximum Gasteiger partial charge on any atom is 0.253 e. The standard InChI is InChI=1S/C20H24N2O2/c1-19(2)16-9-10-22(18(24)14-7-5-4-6-8-14)13-20(16,3)11-15(12-21)17(19)23/h4-8,11,16-17,23H,9-10,13H2,1-3H3/t16-,17?,20+/m1/s1. The van der Waals surface area contributed by atoms with Gasteiger partial charge in [-0.15, -0.1) is 0 Å². The fourth-order valence-electron chi connectivity index (χ4n) is 4.64. The molecule has 0 radical (unpaired) electrons. The lowest BCUT2D eigenvalue weighted by Gasteiger charge is -2.55. The van der Waals surface area contributed by atoms with Crippen molar-refractivity contribution in [2.24, 2.45) is 16.7 Å².